The minimum Gasteiger partial charge on any atom is -0.496 e. The van der Waals surface area contributed by atoms with Crippen LogP contribution in [-0.2, 0) is 14.8 Å². The molecule has 1 amide bonds. The Kier molecular flexibility index (Phi) is 6.67. The maximum absolute atomic E-state index is 12.6. The van der Waals surface area contributed by atoms with Gasteiger partial charge in [0, 0.05) is 42.8 Å². The molecule has 0 bridgehead atoms. The SMILES string of the molecule is COc1ccc(Cl)cc1/C=C/C(=O)N1CCN(S(=O)(=O)c2ccc(Cl)s2)CC1. The molecule has 0 saturated carbocycles. The number of carbonyl (C=O) groups is 1. The number of amides is 1. The fraction of sp³-hybridized carbons (Fsp3) is 0.278. The average Bonchev–Trinajstić information content (AvgIpc) is 3.13. The summed E-state index contributed by atoms with van der Waals surface area (Å²) in [4.78, 5) is 14.1. The number of hydrogen-bond donors (Lipinski definition) is 0. The van der Waals surface area contributed by atoms with Crippen LogP contribution in [0.4, 0.5) is 0 Å². The standard InChI is InChI=1S/C18H18Cl2N2O4S2/c1-26-15-4-3-14(19)12-13(15)2-6-17(23)21-8-10-22(11-9-21)28(24,25)18-7-5-16(20)27-18/h2-7,12H,8-11H2,1H3/b6-2+. The summed E-state index contributed by atoms with van der Waals surface area (Å²) in [6, 6.07) is 8.21. The maximum atomic E-state index is 12.6. The number of ether oxygens (including phenoxy) is 1. The maximum Gasteiger partial charge on any atom is 0.252 e. The first-order valence-corrected chi connectivity index (χ1v) is 11.4. The minimum absolute atomic E-state index is 0.196. The Balaban J connectivity index is 1.63. The van der Waals surface area contributed by atoms with Gasteiger partial charge in [-0.2, -0.15) is 4.31 Å². The van der Waals surface area contributed by atoms with Gasteiger partial charge in [0.1, 0.15) is 9.96 Å². The average molecular weight is 461 g/mol. The largest absolute Gasteiger partial charge is 0.496 e. The highest BCUT2D eigenvalue weighted by Gasteiger charge is 2.30. The summed E-state index contributed by atoms with van der Waals surface area (Å²) in [5.74, 6) is 0.414. The van der Waals surface area contributed by atoms with Gasteiger partial charge in [-0.1, -0.05) is 23.2 Å². The lowest BCUT2D eigenvalue weighted by molar-refractivity contribution is -0.127. The van der Waals surface area contributed by atoms with Crippen LogP contribution in [0.3, 0.4) is 0 Å². The van der Waals surface area contributed by atoms with E-state index in [1.54, 1.807) is 42.4 Å². The van der Waals surface area contributed by atoms with E-state index in [2.05, 4.69) is 0 Å². The number of benzene rings is 1. The number of hydrogen-bond acceptors (Lipinski definition) is 5. The van der Waals surface area contributed by atoms with E-state index in [0.29, 0.717) is 33.8 Å². The topological polar surface area (TPSA) is 66.9 Å². The number of nitrogens with zero attached hydrogens (tertiary/aromatic N) is 2. The molecule has 1 saturated heterocycles. The zero-order chi connectivity index (χ0) is 20.3. The molecular weight excluding hydrogens is 443 g/mol. The van der Waals surface area contributed by atoms with Crippen LogP contribution in [0.2, 0.25) is 9.36 Å². The van der Waals surface area contributed by atoms with E-state index in [9.17, 15) is 13.2 Å². The first-order valence-electron chi connectivity index (χ1n) is 8.37. The van der Waals surface area contributed by atoms with Crippen LogP contribution >= 0.6 is 34.5 Å². The molecule has 0 radical (unpaired) electrons. The predicted octanol–water partition coefficient (Wildman–Crippen LogP) is 3.61. The van der Waals surface area contributed by atoms with E-state index in [1.165, 1.54) is 16.4 Å². The van der Waals surface area contributed by atoms with Crippen LogP contribution in [0.1, 0.15) is 5.56 Å². The summed E-state index contributed by atoms with van der Waals surface area (Å²) in [5.41, 5.74) is 0.694. The van der Waals surface area contributed by atoms with Gasteiger partial charge in [0.15, 0.2) is 0 Å². The molecule has 6 nitrogen and oxygen atoms in total. The van der Waals surface area contributed by atoms with Crippen LogP contribution in [-0.4, -0.2) is 56.8 Å². The van der Waals surface area contributed by atoms with Crippen LogP contribution in [0.25, 0.3) is 6.08 Å². The van der Waals surface area contributed by atoms with Crippen molar-refractivity contribution >= 4 is 56.5 Å². The molecule has 1 aliphatic rings. The van der Waals surface area contributed by atoms with Gasteiger partial charge in [-0.15, -0.1) is 11.3 Å². The summed E-state index contributed by atoms with van der Waals surface area (Å²) in [5, 5.41) is 0.542. The number of rotatable bonds is 5. The molecule has 0 N–H and O–H groups in total. The molecule has 0 atom stereocenters. The molecule has 2 aromatic rings. The lowest BCUT2D eigenvalue weighted by atomic mass is 10.2. The highest BCUT2D eigenvalue weighted by molar-refractivity contribution is 7.91. The molecular formula is C18H18Cl2N2O4S2. The number of thiophene rings is 1. The number of sulfonamides is 1. The van der Waals surface area contributed by atoms with Crippen molar-refractivity contribution in [3.05, 3.63) is 51.3 Å². The minimum atomic E-state index is -3.58. The third-order valence-corrected chi connectivity index (χ3v) is 8.12. The molecule has 150 valence electrons. The van der Waals surface area contributed by atoms with Gasteiger partial charge in [-0.05, 0) is 36.4 Å². The van der Waals surface area contributed by atoms with E-state index in [4.69, 9.17) is 27.9 Å². The van der Waals surface area contributed by atoms with Crippen LogP contribution < -0.4 is 4.74 Å². The molecule has 10 heteroatoms. The van der Waals surface area contributed by atoms with Crippen LogP contribution in [0.15, 0.2) is 40.6 Å². The first kappa shape index (κ1) is 21.1. The fourth-order valence-corrected chi connectivity index (χ4v) is 6.05. The van der Waals surface area contributed by atoms with Crippen molar-refractivity contribution in [1.29, 1.82) is 0 Å². The van der Waals surface area contributed by atoms with Gasteiger partial charge in [0.05, 0.1) is 11.4 Å². The number of methoxy groups -OCH3 is 1. The molecule has 1 fully saturated rings. The monoisotopic (exact) mass is 460 g/mol. The second-order valence-corrected chi connectivity index (χ2v) is 10.3. The number of halogens is 2. The Morgan fingerprint density at radius 2 is 1.86 bits per heavy atom. The van der Waals surface area contributed by atoms with Crippen molar-refractivity contribution < 1.29 is 17.9 Å². The molecule has 3 rings (SSSR count). The Morgan fingerprint density at radius 3 is 2.46 bits per heavy atom. The molecule has 2 heterocycles. The van der Waals surface area contributed by atoms with Gasteiger partial charge in [0.2, 0.25) is 5.91 Å². The van der Waals surface area contributed by atoms with Crippen molar-refractivity contribution in [1.82, 2.24) is 9.21 Å². The van der Waals surface area contributed by atoms with E-state index in [-0.39, 0.29) is 23.2 Å². The van der Waals surface area contributed by atoms with Gasteiger partial charge >= 0.3 is 0 Å². The van der Waals surface area contributed by atoms with Gasteiger partial charge < -0.3 is 9.64 Å². The summed E-state index contributed by atoms with van der Waals surface area (Å²) in [6.45, 7) is 1.10. The first-order chi connectivity index (χ1) is 13.3. The summed E-state index contributed by atoms with van der Waals surface area (Å²) in [6.07, 6.45) is 3.08. The second kappa shape index (κ2) is 8.84. The predicted molar refractivity (Wildman–Crippen MR) is 112 cm³/mol. The Hall–Kier alpha value is -1.58. The zero-order valence-electron chi connectivity index (χ0n) is 15.0. The number of carbonyl (C=O) groups excluding carboxylic acids is 1. The van der Waals surface area contributed by atoms with Crippen LogP contribution in [0, 0.1) is 0 Å². The van der Waals surface area contributed by atoms with E-state index in [1.807, 2.05) is 0 Å². The van der Waals surface area contributed by atoms with Gasteiger partial charge in [-0.3, -0.25) is 4.79 Å². The molecule has 1 aromatic heterocycles. The van der Waals surface area contributed by atoms with Crippen molar-refractivity contribution in [3.63, 3.8) is 0 Å². The van der Waals surface area contributed by atoms with Crippen molar-refractivity contribution in [2.45, 2.75) is 4.21 Å². The van der Waals surface area contributed by atoms with E-state index in [0.717, 1.165) is 11.3 Å². The van der Waals surface area contributed by atoms with Gasteiger partial charge in [0.25, 0.3) is 10.0 Å². The van der Waals surface area contributed by atoms with Gasteiger partial charge in [-0.25, -0.2) is 8.42 Å². The fourth-order valence-electron chi connectivity index (χ4n) is 2.81. The highest BCUT2D eigenvalue weighted by atomic mass is 35.5. The van der Waals surface area contributed by atoms with Crippen LogP contribution in [0.5, 0.6) is 5.75 Å². The molecule has 0 spiro atoms. The Morgan fingerprint density at radius 1 is 1.14 bits per heavy atom. The molecule has 1 aromatic carbocycles. The van der Waals surface area contributed by atoms with Crippen molar-refractivity contribution in [3.8, 4) is 5.75 Å². The summed E-state index contributed by atoms with van der Waals surface area (Å²) >= 11 is 12.9. The third-order valence-electron chi connectivity index (χ3n) is 4.29. The molecule has 0 aliphatic carbocycles. The van der Waals surface area contributed by atoms with E-state index < -0.39 is 10.0 Å². The Labute approximate surface area is 178 Å². The number of piperazine rings is 1. The molecule has 1 aliphatic heterocycles. The lowest BCUT2D eigenvalue weighted by Gasteiger charge is -2.33. The molecule has 0 unspecified atom stereocenters. The normalized spacial score (nSPS) is 15.9. The van der Waals surface area contributed by atoms with Crippen molar-refractivity contribution in [2.24, 2.45) is 0 Å². The van der Waals surface area contributed by atoms with Crippen molar-refractivity contribution in [2.75, 3.05) is 33.3 Å². The Bertz CT molecular complexity index is 997. The highest BCUT2D eigenvalue weighted by Crippen LogP contribution is 2.29. The zero-order valence-corrected chi connectivity index (χ0v) is 18.1. The smallest absolute Gasteiger partial charge is 0.252 e. The van der Waals surface area contributed by atoms with E-state index >= 15 is 0 Å². The third kappa shape index (κ3) is 4.69. The summed E-state index contributed by atoms with van der Waals surface area (Å²) < 4.78 is 32.5. The lowest BCUT2D eigenvalue weighted by Crippen LogP contribution is -2.50. The second-order valence-electron chi connectivity index (χ2n) is 6.01. The molecule has 28 heavy (non-hydrogen) atoms. The quantitative estimate of drug-likeness (QED) is 0.639. The summed E-state index contributed by atoms with van der Waals surface area (Å²) in [7, 11) is -2.03.